The highest BCUT2D eigenvalue weighted by Gasteiger charge is 2.25. The summed E-state index contributed by atoms with van der Waals surface area (Å²) in [4.78, 5) is 12.8. The van der Waals surface area contributed by atoms with Gasteiger partial charge in [-0.1, -0.05) is 12.1 Å². The third-order valence-electron chi connectivity index (χ3n) is 3.47. The van der Waals surface area contributed by atoms with Crippen molar-refractivity contribution in [3.8, 4) is 0 Å². The minimum absolute atomic E-state index is 0.00834. The highest BCUT2D eigenvalue weighted by molar-refractivity contribution is 5.85. The molecule has 0 aromatic carbocycles. The van der Waals surface area contributed by atoms with Gasteiger partial charge in [0, 0.05) is 38.6 Å². The van der Waals surface area contributed by atoms with E-state index in [9.17, 15) is 0 Å². The molecule has 1 unspecified atom stereocenters. The molecule has 1 fully saturated rings. The molecule has 3 N–H and O–H groups in total. The SMILES string of the molecule is CCC(C(N)=NO)N1CCN(c2cnccn2)CC1. The van der Waals surface area contributed by atoms with Crippen molar-refractivity contribution in [2.45, 2.75) is 19.4 Å². The van der Waals surface area contributed by atoms with Gasteiger partial charge in [-0.2, -0.15) is 0 Å². The quantitative estimate of drug-likeness (QED) is 0.347. The van der Waals surface area contributed by atoms with Gasteiger partial charge in [0.15, 0.2) is 5.84 Å². The lowest BCUT2D eigenvalue weighted by molar-refractivity contribution is 0.215. The van der Waals surface area contributed by atoms with Crippen LogP contribution in [0, 0.1) is 0 Å². The molecule has 19 heavy (non-hydrogen) atoms. The number of hydrogen-bond donors (Lipinski definition) is 2. The molecular weight excluding hydrogens is 244 g/mol. The third-order valence-corrected chi connectivity index (χ3v) is 3.47. The van der Waals surface area contributed by atoms with E-state index in [0.717, 1.165) is 38.4 Å². The number of piperazine rings is 1. The Kier molecular flexibility index (Phi) is 4.51. The van der Waals surface area contributed by atoms with E-state index in [1.807, 2.05) is 6.92 Å². The van der Waals surface area contributed by atoms with Crippen LogP contribution in [0.25, 0.3) is 0 Å². The first-order valence-corrected chi connectivity index (χ1v) is 6.48. The Bertz CT molecular complexity index is 415. The average Bonchev–Trinajstić information content (AvgIpc) is 2.49. The summed E-state index contributed by atoms with van der Waals surface area (Å²) >= 11 is 0. The maximum Gasteiger partial charge on any atom is 0.156 e. The topological polar surface area (TPSA) is 90.9 Å². The smallest absolute Gasteiger partial charge is 0.156 e. The Labute approximate surface area is 112 Å². The lowest BCUT2D eigenvalue weighted by atomic mass is 10.1. The molecule has 0 aliphatic carbocycles. The van der Waals surface area contributed by atoms with Crippen LogP contribution in [0.4, 0.5) is 5.82 Å². The first-order chi connectivity index (χ1) is 9.26. The van der Waals surface area contributed by atoms with Crippen molar-refractivity contribution >= 4 is 11.7 Å². The van der Waals surface area contributed by atoms with Crippen LogP contribution in [-0.4, -0.2) is 58.1 Å². The summed E-state index contributed by atoms with van der Waals surface area (Å²) in [5.41, 5.74) is 5.73. The van der Waals surface area contributed by atoms with E-state index in [-0.39, 0.29) is 11.9 Å². The first kappa shape index (κ1) is 13.5. The number of oxime groups is 1. The highest BCUT2D eigenvalue weighted by atomic mass is 16.4. The number of nitrogens with zero attached hydrogens (tertiary/aromatic N) is 5. The van der Waals surface area contributed by atoms with Crippen LogP contribution in [-0.2, 0) is 0 Å². The van der Waals surface area contributed by atoms with Crippen molar-refractivity contribution < 1.29 is 5.21 Å². The summed E-state index contributed by atoms with van der Waals surface area (Å²) in [5.74, 6) is 1.19. The zero-order chi connectivity index (χ0) is 13.7. The van der Waals surface area contributed by atoms with E-state index in [4.69, 9.17) is 10.9 Å². The van der Waals surface area contributed by atoms with Crippen molar-refractivity contribution in [1.29, 1.82) is 0 Å². The molecule has 0 spiro atoms. The van der Waals surface area contributed by atoms with Gasteiger partial charge in [-0.25, -0.2) is 4.98 Å². The van der Waals surface area contributed by atoms with Crippen LogP contribution < -0.4 is 10.6 Å². The van der Waals surface area contributed by atoms with Crippen LogP contribution >= 0.6 is 0 Å². The molecule has 104 valence electrons. The molecule has 1 saturated heterocycles. The van der Waals surface area contributed by atoms with E-state index < -0.39 is 0 Å². The molecule has 0 radical (unpaired) electrons. The number of hydrogen-bond acceptors (Lipinski definition) is 6. The van der Waals surface area contributed by atoms with Gasteiger partial charge in [0.25, 0.3) is 0 Å². The predicted molar refractivity (Wildman–Crippen MR) is 73.3 cm³/mol. The Hall–Kier alpha value is -1.89. The van der Waals surface area contributed by atoms with Crippen molar-refractivity contribution in [3.63, 3.8) is 0 Å². The zero-order valence-electron chi connectivity index (χ0n) is 11.1. The van der Waals surface area contributed by atoms with Crippen molar-refractivity contribution in [2.24, 2.45) is 10.9 Å². The maximum absolute atomic E-state index is 8.80. The minimum Gasteiger partial charge on any atom is -0.409 e. The van der Waals surface area contributed by atoms with Crippen LogP contribution in [0.2, 0.25) is 0 Å². The molecule has 1 aliphatic rings. The largest absolute Gasteiger partial charge is 0.409 e. The monoisotopic (exact) mass is 264 g/mol. The fraction of sp³-hybridized carbons (Fsp3) is 0.583. The number of aromatic nitrogens is 2. The van der Waals surface area contributed by atoms with Crippen LogP contribution in [0.3, 0.4) is 0 Å². The summed E-state index contributed by atoms with van der Waals surface area (Å²) < 4.78 is 0. The average molecular weight is 264 g/mol. The second kappa shape index (κ2) is 6.33. The van der Waals surface area contributed by atoms with E-state index >= 15 is 0 Å². The first-order valence-electron chi connectivity index (χ1n) is 6.48. The number of nitrogens with two attached hydrogens (primary N) is 1. The second-order valence-corrected chi connectivity index (χ2v) is 4.54. The van der Waals surface area contributed by atoms with Gasteiger partial charge >= 0.3 is 0 Å². The molecule has 7 heteroatoms. The summed E-state index contributed by atoms with van der Waals surface area (Å²) in [7, 11) is 0. The molecule has 0 saturated carbocycles. The van der Waals surface area contributed by atoms with Gasteiger partial charge in [-0.05, 0) is 6.42 Å². The second-order valence-electron chi connectivity index (χ2n) is 4.54. The summed E-state index contributed by atoms with van der Waals surface area (Å²) in [6, 6.07) is 0.00834. The molecule has 0 bridgehead atoms. The van der Waals surface area contributed by atoms with E-state index in [1.54, 1.807) is 18.6 Å². The minimum atomic E-state index is 0.00834. The van der Waals surface area contributed by atoms with Crippen molar-refractivity contribution in [2.75, 3.05) is 31.1 Å². The number of amidine groups is 1. The summed E-state index contributed by atoms with van der Waals surface area (Å²) in [6.45, 7) is 5.51. The van der Waals surface area contributed by atoms with Gasteiger partial charge < -0.3 is 15.8 Å². The number of anilines is 1. The van der Waals surface area contributed by atoms with Gasteiger partial charge in [0.1, 0.15) is 5.82 Å². The molecular formula is C12H20N6O. The van der Waals surface area contributed by atoms with Crippen molar-refractivity contribution in [1.82, 2.24) is 14.9 Å². The van der Waals surface area contributed by atoms with Gasteiger partial charge in [-0.15, -0.1) is 0 Å². The van der Waals surface area contributed by atoms with Crippen molar-refractivity contribution in [3.05, 3.63) is 18.6 Å². The predicted octanol–water partition coefficient (Wildman–Crippen LogP) is 0.124. The molecule has 2 heterocycles. The molecule has 7 nitrogen and oxygen atoms in total. The lowest BCUT2D eigenvalue weighted by Crippen LogP contribution is -2.54. The Morgan fingerprint density at radius 3 is 2.68 bits per heavy atom. The normalized spacial score (nSPS) is 19.4. The van der Waals surface area contributed by atoms with Crippen LogP contribution in [0.1, 0.15) is 13.3 Å². The van der Waals surface area contributed by atoms with E-state index in [2.05, 4.69) is 24.9 Å². The third kappa shape index (κ3) is 3.11. The van der Waals surface area contributed by atoms with Gasteiger partial charge in [0.2, 0.25) is 0 Å². The highest BCUT2D eigenvalue weighted by Crippen LogP contribution is 2.14. The Morgan fingerprint density at radius 1 is 1.42 bits per heavy atom. The standard InChI is InChI=1S/C12H20N6O/c1-2-10(12(13)16-19)17-5-7-18(8-6-17)11-9-14-3-4-15-11/h3-4,9-10,19H,2,5-8H2,1H3,(H2,13,16). The summed E-state index contributed by atoms with van der Waals surface area (Å²) in [5, 5.41) is 11.9. The molecule has 0 amide bonds. The van der Waals surface area contributed by atoms with Gasteiger partial charge in [-0.3, -0.25) is 9.88 Å². The van der Waals surface area contributed by atoms with Gasteiger partial charge in [0.05, 0.1) is 12.2 Å². The Morgan fingerprint density at radius 2 is 2.16 bits per heavy atom. The van der Waals surface area contributed by atoms with E-state index in [0.29, 0.717) is 0 Å². The summed E-state index contributed by atoms with van der Waals surface area (Å²) in [6.07, 6.45) is 5.98. The molecule has 1 aromatic heterocycles. The fourth-order valence-corrected chi connectivity index (χ4v) is 2.44. The molecule has 2 rings (SSSR count). The van der Waals surface area contributed by atoms with E-state index in [1.165, 1.54) is 0 Å². The lowest BCUT2D eigenvalue weighted by Gasteiger charge is -2.38. The molecule has 1 atom stereocenters. The molecule has 1 aliphatic heterocycles. The fourth-order valence-electron chi connectivity index (χ4n) is 2.44. The number of rotatable bonds is 4. The van der Waals surface area contributed by atoms with Crippen LogP contribution in [0.15, 0.2) is 23.7 Å². The van der Waals surface area contributed by atoms with Crippen LogP contribution in [0.5, 0.6) is 0 Å². The maximum atomic E-state index is 8.80. The molecule has 1 aromatic rings. The Balaban J connectivity index is 1.95. The zero-order valence-corrected chi connectivity index (χ0v) is 11.1.